The Balaban J connectivity index is 1.37. The van der Waals surface area contributed by atoms with Crippen molar-refractivity contribution in [2.45, 2.75) is 16.6 Å². The fraction of sp³-hybridized carbons (Fsp3) is 0.100. The number of aliphatic imine (C=N–C) groups is 1. The Bertz CT molecular complexity index is 1290. The van der Waals surface area contributed by atoms with Gasteiger partial charge in [-0.25, -0.2) is 18.4 Å². The largest absolute Gasteiger partial charge is 0.326 e. The smallest absolute Gasteiger partial charge is 0.263 e. The second kappa shape index (κ2) is 10.0. The molecule has 2 heterocycles. The van der Waals surface area contributed by atoms with E-state index in [-0.39, 0.29) is 28.3 Å². The molecule has 1 saturated heterocycles. The van der Waals surface area contributed by atoms with Crippen molar-refractivity contribution in [3.05, 3.63) is 64.6 Å². The highest BCUT2D eigenvalue weighted by Crippen LogP contribution is 2.27. The van der Waals surface area contributed by atoms with Gasteiger partial charge in [0, 0.05) is 28.2 Å². The number of nitrogens with zero attached hydrogens (tertiary/aromatic N) is 2. The van der Waals surface area contributed by atoms with Gasteiger partial charge in [0.1, 0.15) is 5.25 Å². The van der Waals surface area contributed by atoms with Crippen molar-refractivity contribution in [3.8, 4) is 0 Å². The number of carbonyl (C=O) groups excluding carboxylic acids is 2. The molecule has 2 aromatic carbocycles. The van der Waals surface area contributed by atoms with E-state index in [2.05, 4.69) is 41.3 Å². The molecule has 4 rings (SSSR count). The standard InChI is InChI=1S/C20H16BrN5O4S3/c21-12-1-3-13(4-2-12)23-17(27)11-16-18(28)25-20(32-16)24-14-5-7-15(8-6-14)33(29,30)26-19-22-9-10-31-19/h1-10,16H,11H2,(H,22,26)(H,23,27)(H,24,25,28). The van der Waals surface area contributed by atoms with Crippen LogP contribution in [0.5, 0.6) is 0 Å². The van der Waals surface area contributed by atoms with Crippen LogP contribution in [0.4, 0.5) is 16.5 Å². The van der Waals surface area contributed by atoms with E-state index in [0.29, 0.717) is 16.5 Å². The van der Waals surface area contributed by atoms with Gasteiger partial charge in [-0.2, -0.15) is 0 Å². The van der Waals surface area contributed by atoms with Crippen LogP contribution < -0.4 is 15.4 Å². The van der Waals surface area contributed by atoms with E-state index in [1.165, 1.54) is 41.8 Å². The zero-order valence-corrected chi connectivity index (χ0v) is 20.7. The molecule has 1 aromatic heterocycles. The van der Waals surface area contributed by atoms with Gasteiger partial charge >= 0.3 is 0 Å². The molecular formula is C20H16BrN5O4S3. The molecule has 9 nitrogen and oxygen atoms in total. The lowest BCUT2D eigenvalue weighted by Gasteiger charge is -2.07. The molecular weight excluding hydrogens is 550 g/mol. The maximum atomic E-state index is 12.4. The van der Waals surface area contributed by atoms with Gasteiger partial charge in [-0.1, -0.05) is 27.7 Å². The van der Waals surface area contributed by atoms with Gasteiger partial charge in [0.15, 0.2) is 10.3 Å². The van der Waals surface area contributed by atoms with Crippen LogP contribution in [0.3, 0.4) is 0 Å². The normalized spacial score (nSPS) is 17.1. The fourth-order valence-electron chi connectivity index (χ4n) is 2.77. The van der Waals surface area contributed by atoms with Crippen molar-refractivity contribution in [1.82, 2.24) is 10.3 Å². The van der Waals surface area contributed by atoms with Gasteiger partial charge in [-0.3, -0.25) is 14.3 Å². The number of halogens is 1. The summed E-state index contributed by atoms with van der Waals surface area (Å²) in [5, 5.41) is 7.09. The molecule has 1 fully saturated rings. The third kappa shape index (κ3) is 6.19. The summed E-state index contributed by atoms with van der Waals surface area (Å²) >= 11 is 5.66. The van der Waals surface area contributed by atoms with E-state index in [4.69, 9.17) is 0 Å². The van der Waals surface area contributed by atoms with E-state index in [1.807, 2.05) is 12.1 Å². The lowest BCUT2D eigenvalue weighted by atomic mass is 10.2. The summed E-state index contributed by atoms with van der Waals surface area (Å²) in [7, 11) is -3.76. The van der Waals surface area contributed by atoms with E-state index >= 15 is 0 Å². The Morgan fingerprint density at radius 2 is 1.88 bits per heavy atom. The Morgan fingerprint density at radius 1 is 1.15 bits per heavy atom. The lowest BCUT2D eigenvalue weighted by molar-refractivity contribution is -0.122. The molecule has 13 heteroatoms. The van der Waals surface area contributed by atoms with Gasteiger partial charge < -0.3 is 10.6 Å². The van der Waals surface area contributed by atoms with E-state index in [1.54, 1.807) is 17.5 Å². The van der Waals surface area contributed by atoms with Crippen LogP contribution in [0.1, 0.15) is 6.42 Å². The number of carbonyl (C=O) groups is 2. The van der Waals surface area contributed by atoms with Crippen molar-refractivity contribution >= 4 is 82.5 Å². The molecule has 0 saturated carbocycles. The van der Waals surface area contributed by atoms with Crippen LogP contribution in [-0.4, -0.2) is 35.6 Å². The molecule has 3 N–H and O–H groups in total. The topological polar surface area (TPSA) is 130 Å². The van der Waals surface area contributed by atoms with E-state index in [9.17, 15) is 18.0 Å². The molecule has 0 aliphatic carbocycles. The highest BCUT2D eigenvalue weighted by Gasteiger charge is 2.32. The molecule has 1 aliphatic rings. The first-order chi connectivity index (χ1) is 15.8. The predicted octanol–water partition coefficient (Wildman–Crippen LogP) is 3.95. The van der Waals surface area contributed by atoms with Crippen molar-refractivity contribution < 1.29 is 18.0 Å². The van der Waals surface area contributed by atoms with Crippen molar-refractivity contribution in [3.63, 3.8) is 0 Å². The summed E-state index contributed by atoms with van der Waals surface area (Å²) in [6.45, 7) is 0. The number of sulfonamides is 1. The first-order valence-corrected chi connectivity index (χ1v) is 13.5. The number of aromatic nitrogens is 1. The Kier molecular flexibility index (Phi) is 7.12. The average molecular weight is 566 g/mol. The molecule has 0 bridgehead atoms. The number of thioether (sulfide) groups is 1. The number of amidine groups is 1. The summed E-state index contributed by atoms with van der Waals surface area (Å²) in [5.74, 6) is -0.593. The molecule has 0 radical (unpaired) electrons. The van der Waals surface area contributed by atoms with E-state index < -0.39 is 15.3 Å². The molecule has 1 aliphatic heterocycles. The number of thiazole rings is 1. The Labute approximate surface area is 206 Å². The number of benzene rings is 2. The van der Waals surface area contributed by atoms with Crippen LogP contribution in [0.2, 0.25) is 0 Å². The highest BCUT2D eigenvalue weighted by molar-refractivity contribution is 9.10. The first kappa shape index (κ1) is 23.4. The summed E-state index contributed by atoms with van der Waals surface area (Å²) in [6, 6.07) is 13.0. The number of hydrogen-bond donors (Lipinski definition) is 3. The highest BCUT2D eigenvalue weighted by atomic mass is 79.9. The van der Waals surface area contributed by atoms with Crippen molar-refractivity contribution in [2.75, 3.05) is 10.0 Å². The van der Waals surface area contributed by atoms with Crippen LogP contribution in [0, 0.1) is 0 Å². The summed E-state index contributed by atoms with van der Waals surface area (Å²) in [6.07, 6.45) is 1.50. The minimum absolute atomic E-state index is 0.00874. The van der Waals surface area contributed by atoms with Crippen LogP contribution in [0.15, 0.2) is 74.5 Å². The third-order valence-corrected chi connectivity index (χ3v) is 8.09. The molecule has 3 aromatic rings. The first-order valence-electron chi connectivity index (χ1n) is 9.42. The number of hydrogen-bond acceptors (Lipinski definition) is 8. The predicted molar refractivity (Wildman–Crippen MR) is 133 cm³/mol. The number of nitrogens with one attached hydrogen (secondary N) is 3. The van der Waals surface area contributed by atoms with Gasteiger partial charge in [0.05, 0.1) is 10.6 Å². The average Bonchev–Trinajstić information content (AvgIpc) is 3.39. The SMILES string of the molecule is O=C(CC1SC(=Nc2ccc(S(=O)(=O)Nc3nccs3)cc2)NC1=O)Nc1ccc(Br)cc1. The van der Waals surface area contributed by atoms with Gasteiger partial charge in [0.25, 0.3) is 10.0 Å². The Hall–Kier alpha value is -2.74. The summed E-state index contributed by atoms with van der Waals surface area (Å²) in [4.78, 5) is 32.9. The zero-order chi connectivity index (χ0) is 23.4. The molecule has 1 atom stereocenters. The molecule has 2 amide bonds. The van der Waals surface area contributed by atoms with Gasteiger partial charge in [-0.05, 0) is 48.5 Å². The van der Waals surface area contributed by atoms with Crippen LogP contribution >= 0.6 is 39.0 Å². The van der Waals surface area contributed by atoms with Gasteiger partial charge in [0.2, 0.25) is 11.8 Å². The maximum Gasteiger partial charge on any atom is 0.263 e. The Morgan fingerprint density at radius 3 is 2.55 bits per heavy atom. The second-order valence-electron chi connectivity index (χ2n) is 6.71. The number of rotatable bonds is 7. The summed E-state index contributed by atoms with van der Waals surface area (Å²) in [5.41, 5.74) is 1.10. The minimum atomic E-state index is -3.76. The molecule has 0 spiro atoms. The van der Waals surface area contributed by atoms with Crippen LogP contribution in [0.25, 0.3) is 0 Å². The quantitative estimate of drug-likeness (QED) is 0.397. The van der Waals surface area contributed by atoms with Gasteiger partial charge in [-0.15, -0.1) is 11.3 Å². The third-order valence-electron chi connectivity index (χ3n) is 4.31. The molecule has 1 unspecified atom stereocenters. The second-order valence-corrected chi connectivity index (χ2v) is 11.4. The van der Waals surface area contributed by atoms with Crippen LogP contribution in [-0.2, 0) is 19.6 Å². The number of amides is 2. The number of anilines is 2. The zero-order valence-electron chi connectivity index (χ0n) is 16.7. The minimum Gasteiger partial charge on any atom is -0.326 e. The summed E-state index contributed by atoms with van der Waals surface area (Å²) < 4.78 is 28.1. The lowest BCUT2D eigenvalue weighted by Crippen LogP contribution is -2.28. The monoisotopic (exact) mass is 565 g/mol. The van der Waals surface area contributed by atoms with E-state index in [0.717, 1.165) is 16.2 Å². The van der Waals surface area contributed by atoms with Crippen molar-refractivity contribution in [1.29, 1.82) is 0 Å². The molecule has 170 valence electrons. The van der Waals surface area contributed by atoms with Crippen molar-refractivity contribution in [2.24, 2.45) is 4.99 Å². The molecule has 33 heavy (non-hydrogen) atoms. The maximum absolute atomic E-state index is 12.4. The fourth-order valence-corrected chi connectivity index (χ4v) is 5.81.